The number of amides is 1. The Balaban J connectivity index is 1.33. The van der Waals surface area contributed by atoms with Crippen LogP contribution in [-0.2, 0) is 13.1 Å². The first-order valence-corrected chi connectivity index (χ1v) is 12.6. The van der Waals surface area contributed by atoms with Crippen molar-refractivity contribution in [1.82, 2.24) is 24.7 Å². The van der Waals surface area contributed by atoms with Gasteiger partial charge in [-0.1, -0.05) is 42.5 Å². The van der Waals surface area contributed by atoms with E-state index < -0.39 is 0 Å². The van der Waals surface area contributed by atoms with Gasteiger partial charge in [0.05, 0.1) is 17.4 Å². The summed E-state index contributed by atoms with van der Waals surface area (Å²) in [7, 11) is 2.10. The lowest BCUT2D eigenvalue weighted by molar-refractivity contribution is 0.0664. The molecule has 0 atom stereocenters. The van der Waals surface area contributed by atoms with Gasteiger partial charge < -0.3 is 25.4 Å². The Morgan fingerprint density at radius 1 is 0.944 bits per heavy atom. The number of fused-ring (bicyclic) bond motifs is 1. The molecular weight excluding hydrogens is 448 g/mol. The van der Waals surface area contributed by atoms with Crippen LogP contribution in [-0.4, -0.2) is 71.6 Å². The Hall–Kier alpha value is -3.52. The van der Waals surface area contributed by atoms with E-state index in [1.54, 1.807) is 0 Å². The van der Waals surface area contributed by atoms with Crippen molar-refractivity contribution in [1.29, 1.82) is 0 Å². The van der Waals surface area contributed by atoms with Crippen LogP contribution in [0.2, 0.25) is 0 Å². The SMILES string of the molecule is CN1CCN(C(=O)c2cccc(Cn3cnc4ccc(-c5ccc(CNCCN)cc5)cc43)c2)CC1. The van der Waals surface area contributed by atoms with Gasteiger partial charge in [0.25, 0.3) is 5.91 Å². The van der Waals surface area contributed by atoms with E-state index in [1.807, 2.05) is 29.4 Å². The molecule has 7 nitrogen and oxygen atoms in total. The molecule has 7 heteroatoms. The minimum atomic E-state index is 0.115. The van der Waals surface area contributed by atoms with E-state index in [0.717, 1.165) is 67.0 Å². The standard InChI is InChI=1S/C29H34N6O/c1-33-13-15-34(16-14-33)29(36)26-4-2-3-23(17-26)20-35-21-32-27-10-9-25(18-28(27)35)24-7-5-22(6-8-24)19-31-12-11-30/h2-10,17-18,21,31H,11-16,19-20,30H2,1H3. The van der Waals surface area contributed by atoms with E-state index in [2.05, 4.69) is 75.3 Å². The van der Waals surface area contributed by atoms with Gasteiger partial charge in [-0.15, -0.1) is 0 Å². The number of likely N-dealkylation sites (N-methyl/N-ethyl adjacent to an activating group) is 1. The lowest BCUT2D eigenvalue weighted by Gasteiger charge is -2.32. The van der Waals surface area contributed by atoms with Gasteiger partial charge in [-0.25, -0.2) is 4.98 Å². The summed E-state index contributed by atoms with van der Waals surface area (Å²) >= 11 is 0. The first-order valence-electron chi connectivity index (χ1n) is 12.6. The number of carbonyl (C=O) groups is 1. The maximum Gasteiger partial charge on any atom is 0.253 e. The maximum atomic E-state index is 13.1. The molecule has 1 amide bonds. The molecule has 0 saturated carbocycles. The second-order valence-corrected chi connectivity index (χ2v) is 9.53. The van der Waals surface area contributed by atoms with Gasteiger partial charge in [0.2, 0.25) is 0 Å². The van der Waals surface area contributed by atoms with Crippen molar-refractivity contribution in [3.05, 3.63) is 89.7 Å². The van der Waals surface area contributed by atoms with Crippen LogP contribution in [0.25, 0.3) is 22.2 Å². The summed E-state index contributed by atoms with van der Waals surface area (Å²) in [5.74, 6) is 0.115. The van der Waals surface area contributed by atoms with Gasteiger partial charge in [0.1, 0.15) is 0 Å². The van der Waals surface area contributed by atoms with Crippen molar-refractivity contribution >= 4 is 16.9 Å². The summed E-state index contributed by atoms with van der Waals surface area (Å²) < 4.78 is 2.16. The number of piperazine rings is 1. The van der Waals surface area contributed by atoms with Crippen molar-refractivity contribution in [2.45, 2.75) is 13.1 Å². The minimum absolute atomic E-state index is 0.115. The Morgan fingerprint density at radius 3 is 2.50 bits per heavy atom. The van der Waals surface area contributed by atoms with E-state index >= 15 is 0 Å². The monoisotopic (exact) mass is 482 g/mol. The summed E-state index contributed by atoms with van der Waals surface area (Å²) in [5.41, 5.74) is 13.0. The maximum absolute atomic E-state index is 13.1. The molecule has 1 aromatic heterocycles. The molecule has 1 saturated heterocycles. The molecule has 1 aliphatic heterocycles. The highest BCUT2D eigenvalue weighted by molar-refractivity contribution is 5.94. The van der Waals surface area contributed by atoms with Crippen LogP contribution in [0.15, 0.2) is 73.1 Å². The third-order valence-electron chi connectivity index (χ3n) is 6.88. The van der Waals surface area contributed by atoms with E-state index in [1.165, 1.54) is 11.1 Å². The van der Waals surface area contributed by atoms with Crippen LogP contribution < -0.4 is 11.1 Å². The molecule has 2 heterocycles. The highest BCUT2D eigenvalue weighted by atomic mass is 16.2. The van der Waals surface area contributed by atoms with Crippen LogP contribution in [0.1, 0.15) is 21.5 Å². The van der Waals surface area contributed by atoms with Crippen molar-refractivity contribution in [2.24, 2.45) is 5.73 Å². The molecule has 3 N–H and O–H groups in total. The first kappa shape index (κ1) is 24.2. The highest BCUT2D eigenvalue weighted by Gasteiger charge is 2.20. The number of carbonyl (C=O) groups excluding carboxylic acids is 1. The highest BCUT2D eigenvalue weighted by Crippen LogP contribution is 2.25. The summed E-state index contributed by atoms with van der Waals surface area (Å²) in [6, 6.07) is 23.0. The number of benzene rings is 3. The van der Waals surface area contributed by atoms with E-state index in [9.17, 15) is 4.79 Å². The summed E-state index contributed by atoms with van der Waals surface area (Å²) in [6.45, 7) is 6.33. The summed E-state index contributed by atoms with van der Waals surface area (Å²) in [6.07, 6.45) is 1.88. The smallest absolute Gasteiger partial charge is 0.253 e. The fraction of sp³-hybridized carbons (Fsp3) is 0.310. The Kier molecular flexibility index (Phi) is 7.41. The van der Waals surface area contributed by atoms with Crippen LogP contribution in [0, 0.1) is 0 Å². The van der Waals surface area contributed by atoms with Crippen LogP contribution in [0.3, 0.4) is 0 Å². The number of aromatic nitrogens is 2. The number of hydrogen-bond acceptors (Lipinski definition) is 5. The van der Waals surface area contributed by atoms with E-state index in [-0.39, 0.29) is 5.91 Å². The van der Waals surface area contributed by atoms with Gasteiger partial charge in [-0.3, -0.25) is 4.79 Å². The minimum Gasteiger partial charge on any atom is -0.336 e. The van der Waals surface area contributed by atoms with Gasteiger partial charge in [-0.05, 0) is 53.6 Å². The average Bonchev–Trinajstić information content (AvgIpc) is 3.31. The number of nitrogens with zero attached hydrogens (tertiary/aromatic N) is 4. The van der Waals surface area contributed by atoms with Crippen molar-refractivity contribution < 1.29 is 4.79 Å². The number of imidazole rings is 1. The zero-order valence-electron chi connectivity index (χ0n) is 20.9. The first-order chi connectivity index (χ1) is 17.6. The predicted molar refractivity (Wildman–Crippen MR) is 145 cm³/mol. The molecule has 0 spiro atoms. The second kappa shape index (κ2) is 11.0. The molecule has 3 aromatic carbocycles. The molecule has 0 aliphatic carbocycles. The van der Waals surface area contributed by atoms with Crippen LogP contribution >= 0.6 is 0 Å². The molecule has 0 unspecified atom stereocenters. The Bertz CT molecular complexity index is 1320. The normalized spacial score (nSPS) is 14.4. The molecule has 1 aliphatic rings. The number of nitrogens with one attached hydrogen (secondary N) is 1. The fourth-order valence-electron chi connectivity index (χ4n) is 4.70. The van der Waals surface area contributed by atoms with Crippen LogP contribution in [0.5, 0.6) is 0 Å². The zero-order chi connectivity index (χ0) is 24.9. The third-order valence-corrected chi connectivity index (χ3v) is 6.88. The van der Waals surface area contributed by atoms with Crippen molar-refractivity contribution in [3.63, 3.8) is 0 Å². The van der Waals surface area contributed by atoms with Gasteiger partial charge >= 0.3 is 0 Å². The van der Waals surface area contributed by atoms with Gasteiger partial charge in [0, 0.05) is 57.9 Å². The molecule has 186 valence electrons. The Labute approximate surface area is 212 Å². The van der Waals surface area contributed by atoms with Gasteiger partial charge in [0.15, 0.2) is 0 Å². The molecule has 1 fully saturated rings. The molecular formula is C29H34N6O. The largest absolute Gasteiger partial charge is 0.336 e. The predicted octanol–water partition coefficient (Wildman–Crippen LogP) is 3.19. The average molecular weight is 483 g/mol. The van der Waals surface area contributed by atoms with Crippen molar-refractivity contribution in [3.8, 4) is 11.1 Å². The zero-order valence-corrected chi connectivity index (χ0v) is 20.9. The fourth-order valence-corrected chi connectivity index (χ4v) is 4.70. The van der Waals surface area contributed by atoms with E-state index in [0.29, 0.717) is 13.1 Å². The summed E-state index contributed by atoms with van der Waals surface area (Å²) in [5, 5.41) is 3.33. The molecule has 4 aromatic rings. The molecule has 0 radical (unpaired) electrons. The number of hydrogen-bond donors (Lipinski definition) is 2. The quantitative estimate of drug-likeness (QED) is 0.377. The third kappa shape index (κ3) is 5.49. The molecule has 5 rings (SSSR count). The van der Waals surface area contributed by atoms with Crippen molar-refractivity contribution in [2.75, 3.05) is 46.3 Å². The second-order valence-electron chi connectivity index (χ2n) is 9.53. The van der Waals surface area contributed by atoms with Crippen LogP contribution in [0.4, 0.5) is 0 Å². The lowest BCUT2D eigenvalue weighted by atomic mass is 10.0. The topological polar surface area (TPSA) is 79.4 Å². The number of rotatable bonds is 8. The molecule has 0 bridgehead atoms. The summed E-state index contributed by atoms with van der Waals surface area (Å²) in [4.78, 5) is 21.9. The Morgan fingerprint density at radius 2 is 1.72 bits per heavy atom. The lowest BCUT2D eigenvalue weighted by Crippen LogP contribution is -2.47. The molecule has 36 heavy (non-hydrogen) atoms. The number of nitrogens with two attached hydrogens (primary N) is 1. The van der Waals surface area contributed by atoms with E-state index in [4.69, 9.17) is 5.73 Å². The van der Waals surface area contributed by atoms with Gasteiger partial charge in [-0.2, -0.15) is 0 Å².